The summed E-state index contributed by atoms with van der Waals surface area (Å²) in [6.45, 7) is 1.35. The maximum atomic E-state index is 13.6. The lowest BCUT2D eigenvalue weighted by Gasteiger charge is -2.16. The third kappa shape index (κ3) is 2.42. The number of benzene rings is 1. The van der Waals surface area contributed by atoms with E-state index in [0.717, 1.165) is 0 Å². The van der Waals surface area contributed by atoms with Gasteiger partial charge in [-0.2, -0.15) is 0 Å². The quantitative estimate of drug-likeness (QED) is 0.845. The lowest BCUT2D eigenvalue weighted by atomic mass is 10.2. The van der Waals surface area contributed by atoms with Crippen LogP contribution < -0.4 is 0 Å². The molecule has 1 aliphatic heterocycles. The van der Waals surface area contributed by atoms with Gasteiger partial charge in [0.25, 0.3) is 0 Å². The van der Waals surface area contributed by atoms with Gasteiger partial charge in [-0.1, -0.05) is 0 Å². The van der Waals surface area contributed by atoms with Gasteiger partial charge in [-0.3, -0.25) is 4.90 Å². The number of nitrogens with zero attached hydrogens (tertiary/aromatic N) is 1. The number of likely N-dealkylation sites (tertiary alicyclic amines) is 1. The molecule has 0 bridgehead atoms. The van der Waals surface area contributed by atoms with Crippen LogP contribution in [-0.4, -0.2) is 29.2 Å². The molecule has 0 unspecified atom stereocenters. The standard InChI is InChI=1S/C11H12BrF2NO/c12-9-1-2-10(13)8(11(9)14)6-15-4-3-7(16)5-15/h1-2,7,16H,3-6H2/t7-/m1/s1. The Bertz CT molecular complexity index is 400. The van der Waals surface area contributed by atoms with Crippen molar-refractivity contribution in [2.45, 2.75) is 19.1 Å². The molecule has 0 aliphatic carbocycles. The van der Waals surface area contributed by atoms with Gasteiger partial charge in [-0.15, -0.1) is 0 Å². The second-order valence-corrected chi connectivity index (χ2v) is 4.85. The van der Waals surface area contributed by atoms with Crippen LogP contribution in [0.15, 0.2) is 16.6 Å². The van der Waals surface area contributed by atoms with Gasteiger partial charge < -0.3 is 5.11 Å². The highest BCUT2D eigenvalue weighted by Crippen LogP contribution is 2.24. The predicted octanol–water partition coefficient (Wildman–Crippen LogP) is 2.29. The number of aliphatic hydroxyl groups is 1. The van der Waals surface area contributed by atoms with Gasteiger partial charge in [0.05, 0.1) is 10.6 Å². The number of hydrogen-bond acceptors (Lipinski definition) is 2. The summed E-state index contributed by atoms with van der Waals surface area (Å²) in [7, 11) is 0. The highest BCUT2D eigenvalue weighted by atomic mass is 79.9. The van der Waals surface area contributed by atoms with Gasteiger partial charge in [0.2, 0.25) is 0 Å². The fourth-order valence-electron chi connectivity index (χ4n) is 1.89. The van der Waals surface area contributed by atoms with E-state index in [0.29, 0.717) is 19.5 Å². The van der Waals surface area contributed by atoms with E-state index in [1.807, 2.05) is 4.90 Å². The Labute approximate surface area is 101 Å². The fourth-order valence-corrected chi connectivity index (χ4v) is 2.26. The van der Waals surface area contributed by atoms with Crippen LogP contribution in [0.1, 0.15) is 12.0 Å². The Balaban J connectivity index is 2.18. The topological polar surface area (TPSA) is 23.5 Å². The maximum absolute atomic E-state index is 13.6. The average Bonchev–Trinajstić information content (AvgIpc) is 2.65. The van der Waals surface area contributed by atoms with Crippen LogP contribution in [0.2, 0.25) is 0 Å². The van der Waals surface area contributed by atoms with Gasteiger partial charge in [0.1, 0.15) is 11.6 Å². The summed E-state index contributed by atoms with van der Waals surface area (Å²) in [4.78, 5) is 1.85. The molecule has 0 amide bonds. The number of hydrogen-bond donors (Lipinski definition) is 1. The largest absolute Gasteiger partial charge is 0.392 e. The minimum Gasteiger partial charge on any atom is -0.392 e. The summed E-state index contributed by atoms with van der Waals surface area (Å²) in [6, 6.07) is 2.60. The summed E-state index contributed by atoms with van der Waals surface area (Å²) in [5, 5.41) is 9.33. The van der Waals surface area contributed by atoms with Crippen molar-refractivity contribution in [3.05, 3.63) is 33.8 Å². The van der Waals surface area contributed by atoms with Gasteiger partial charge in [0, 0.05) is 25.2 Å². The molecular formula is C11H12BrF2NO. The molecule has 1 aliphatic rings. The number of β-amino-alcohol motifs (C(OH)–C–C–N with tert-alkyl or cyclic N) is 1. The molecule has 0 aromatic heterocycles. The van der Waals surface area contributed by atoms with Crippen LogP contribution >= 0.6 is 15.9 Å². The summed E-state index contributed by atoms with van der Waals surface area (Å²) in [5.41, 5.74) is 0.0588. The normalized spacial score (nSPS) is 21.6. The molecular weight excluding hydrogens is 280 g/mol. The lowest BCUT2D eigenvalue weighted by Crippen LogP contribution is -2.22. The zero-order valence-electron chi connectivity index (χ0n) is 8.59. The fraction of sp³-hybridized carbons (Fsp3) is 0.455. The minimum atomic E-state index is -0.554. The van der Waals surface area contributed by atoms with Gasteiger partial charge >= 0.3 is 0 Å². The van der Waals surface area contributed by atoms with E-state index < -0.39 is 11.6 Å². The van der Waals surface area contributed by atoms with Gasteiger partial charge in [0.15, 0.2) is 0 Å². The first-order valence-electron chi connectivity index (χ1n) is 5.10. The predicted molar refractivity (Wildman–Crippen MR) is 60.0 cm³/mol. The summed E-state index contributed by atoms with van der Waals surface area (Å²) >= 11 is 3.03. The van der Waals surface area contributed by atoms with Crippen LogP contribution in [0.3, 0.4) is 0 Å². The van der Waals surface area contributed by atoms with Crippen molar-refractivity contribution in [3.8, 4) is 0 Å². The van der Waals surface area contributed by atoms with Crippen molar-refractivity contribution in [2.75, 3.05) is 13.1 Å². The third-order valence-corrected chi connectivity index (χ3v) is 3.38. The first-order chi connectivity index (χ1) is 7.58. The van der Waals surface area contributed by atoms with Gasteiger partial charge in [-0.05, 0) is 34.5 Å². The summed E-state index contributed by atoms with van der Waals surface area (Å²) in [6.07, 6.45) is 0.287. The van der Waals surface area contributed by atoms with Gasteiger partial charge in [-0.25, -0.2) is 8.78 Å². The Morgan fingerprint density at radius 1 is 1.44 bits per heavy atom. The SMILES string of the molecule is O[C@@H]1CCN(Cc2c(F)ccc(Br)c2F)C1. The molecule has 1 fully saturated rings. The Kier molecular flexibility index (Phi) is 3.56. The molecule has 2 nitrogen and oxygen atoms in total. The van der Waals surface area contributed by atoms with Crippen LogP contribution in [0.25, 0.3) is 0 Å². The molecule has 1 saturated heterocycles. The molecule has 1 heterocycles. The molecule has 1 aromatic rings. The summed E-state index contributed by atoms with van der Waals surface area (Å²) < 4.78 is 27.3. The molecule has 88 valence electrons. The van der Waals surface area contributed by atoms with Crippen molar-refractivity contribution >= 4 is 15.9 Å². The minimum absolute atomic E-state index is 0.0588. The van der Waals surface area contributed by atoms with Crippen molar-refractivity contribution in [2.24, 2.45) is 0 Å². The zero-order valence-corrected chi connectivity index (χ0v) is 10.2. The zero-order chi connectivity index (χ0) is 11.7. The van der Waals surface area contributed by atoms with Crippen LogP contribution in [0.4, 0.5) is 8.78 Å². The van der Waals surface area contributed by atoms with E-state index in [2.05, 4.69) is 15.9 Å². The summed E-state index contributed by atoms with van der Waals surface area (Å²) in [5.74, 6) is -1.09. The molecule has 1 atom stereocenters. The molecule has 0 spiro atoms. The van der Waals surface area contributed by atoms with Crippen molar-refractivity contribution in [1.82, 2.24) is 4.90 Å². The van der Waals surface area contributed by atoms with Crippen LogP contribution in [0.5, 0.6) is 0 Å². The number of halogens is 3. The number of aliphatic hydroxyl groups excluding tert-OH is 1. The smallest absolute Gasteiger partial charge is 0.144 e. The first kappa shape index (κ1) is 12.0. The molecule has 0 saturated carbocycles. The third-order valence-electron chi connectivity index (χ3n) is 2.77. The molecule has 2 rings (SSSR count). The van der Waals surface area contributed by atoms with Crippen LogP contribution in [-0.2, 0) is 6.54 Å². The van der Waals surface area contributed by atoms with E-state index in [4.69, 9.17) is 0 Å². The number of rotatable bonds is 2. The molecule has 0 radical (unpaired) electrons. The maximum Gasteiger partial charge on any atom is 0.144 e. The Morgan fingerprint density at radius 2 is 2.19 bits per heavy atom. The van der Waals surface area contributed by atoms with E-state index >= 15 is 0 Å². The first-order valence-corrected chi connectivity index (χ1v) is 5.90. The van der Waals surface area contributed by atoms with E-state index in [9.17, 15) is 13.9 Å². The Hall–Kier alpha value is -0.520. The lowest BCUT2D eigenvalue weighted by molar-refractivity contribution is 0.174. The highest BCUT2D eigenvalue weighted by molar-refractivity contribution is 9.10. The van der Waals surface area contributed by atoms with Crippen molar-refractivity contribution in [1.29, 1.82) is 0 Å². The van der Waals surface area contributed by atoms with E-state index in [1.54, 1.807) is 0 Å². The second kappa shape index (κ2) is 4.77. The molecule has 1 aromatic carbocycles. The monoisotopic (exact) mass is 291 g/mol. The second-order valence-electron chi connectivity index (χ2n) is 4.00. The van der Waals surface area contributed by atoms with E-state index in [1.165, 1.54) is 12.1 Å². The Morgan fingerprint density at radius 3 is 2.81 bits per heavy atom. The van der Waals surface area contributed by atoms with Crippen LogP contribution in [0, 0.1) is 11.6 Å². The highest BCUT2D eigenvalue weighted by Gasteiger charge is 2.23. The molecule has 16 heavy (non-hydrogen) atoms. The van der Waals surface area contributed by atoms with E-state index in [-0.39, 0.29) is 22.7 Å². The van der Waals surface area contributed by atoms with Crippen molar-refractivity contribution in [3.63, 3.8) is 0 Å². The molecule has 5 heteroatoms. The molecule has 1 N–H and O–H groups in total. The average molecular weight is 292 g/mol. The van der Waals surface area contributed by atoms with Crippen molar-refractivity contribution < 1.29 is 13.9 Å².